The molecule has 0 aliphatic rings. The second kappa shape index (κ2) is 6.29. The summed E-state index contributed by atoms with van der Waals surface area (Å²) in [6, 6.07) is 12.4. The number of ether oxygens (including phenoxy) is 2. The molecule has 2 aromatic rings. The van der Waals surface area contributed by atoms with Crippen molar-refractivity contribution in [2.75, 3.05) is 13.2 Å². The van der Waals surface area contributed by atoms with Gasteiger partial charge in [-0.15, -0.1) is 0 Å². The van der Waals surface area contributed by atoms with E-state index in [1.165, 1.54) is 10.8 Å². The number of rotatable bonds is 6. The molecule has 2 heteroatoms. The maximum atomic E-state index is 5.81. The van der Waals surface area contributed by atoms with Gasteiger partial charge in [0.1, 0.15) is 0 Å². The van der Waals surface area contributed by atoms with Gasteiger partial charge in [0.25, 0.3) is 0 Å². The largest absolute Gasteiger partial charge is 0.490 e. The molecule has 0 unspecified atom stereocenters. The summed E-state index contributed by atoms with van der Waals surface area (Å²) in [5.74, 6) is 1.69. The lowest BCUT2D eigenvalue weighted by Crippen LogP contribution is -2.00. The van der Waals surface area contributed by atoms with Gasteiger partial charge in [-0.2, -0.15) is 0 Å². The van der Waals surface area contributed by atoms with Crippen LogP contribution in [0.25, 0.3) is 10.8 Å². The minimum Gasteiger partial charge on any atom is -0.490 e. The third-order valence-electron chi connectivity index (χ3n) is 2.87. The van der Waals surface area contributed by atoms with Gasteiger partial charge in [-0.3, -0.25) is 0 Å². The number of hydrogen-bond donors (Lipinski definition) is 0. The fourth-order valence-electron chi connectivity index (χ4n) is 1.91. The van der Waals surface area contributed by atoms with Gasteiger partial charge in [0.15, 0.2) is 11.5 Å². The highest BCUT2D eigenvalue weighted by atomic mass is 16.5. The lowest BCUT2D eigenvalue weighted by atomic mass is 10.1. The molecule has 0 saturated carbocycles. The van der Waals surface area contributed by atoms with Crippen LogP contribution in [-0.2, 0) is 0 Å². The maximum absolute atomic E-state index is 5.81. The average molecular weight is 244 g/mol. The molecule has 96 valence electrons. The van der Waals surface area contributed by atoms with Gasteiger partial charge in [0, 0.05) is 0 Å². The highest BCUT2D eigenvalue weighted by Gasteiger charge is 2.07. The lowest BCUT2D eigenvalue weighted by molar-refractivity contribution is 0.273. The molecule has 0 heterocycles. The molecule has 0 spiro atoms. The predicted octanol–water partition coefficient (Wildman–Crippen LogP) is 4.42. The summed E-state index contributed by atoms with van der Waals surface area (Å²) in [5.41, 5.74) is 0. The first-order valence-corrected chi connectivity index (χ1v) is 6.63. The first kappa shape index (κ1) is 12.7. The molecule has 2 nitrogen and oxygen atoms in total. The summed E-state index contributed by atoms with van der Waals surface area (Å²) in [4.78, 5) is 0. The van der Waals surface area contributed by atoms with Crippen LogP contribution in [0.1, 0.15) is 26.7 Å². The molecule has 2 aromatic carbocycles. The van der Waals surface area contributed by atoms with Crippen molar-refractivity contribution in [3.63, 3.8) is 0 Å². The van der Waals surface area contributed by atoms with Crippen LogP contribution in [0.5, 0.6) is 11.5 Å². The highest BCUT2D eigenvalue weighted by molar-refractivity contribution is 5.86. The molecule has 0 aliphatic carbocycles. The second-order valence-electron chi connectivity index (χ2n) is 4.28. The summed E-state index contributed by atoms with van der Waals surface area (Å²) < 4.78 is 11.5. The zero-order valence-corrected chi connectivity index (χ0v) is 11.1. The number of fused-ring (bicyclic) bond motifs is 1. The van der Waals surface area contributed by atoms with E-state index < -0.39 is 0 Å². The van der Waals surface area contributed by atoms with Gasteiger partial charge in [-0.05, 0) is 36.2 Å². The molecule has 0 atom stereocenters. The van der Waals surface area contributed by atoms with Crippen LogP contribution in [0.4, 0.5) is 0 Å². The minimum atomic E-state index is 0.655. The molecule has 0 aliphatic heterocycles. The van der Waals surface area contributed by atoms with Gasteiger partial charge >= 0.3 is 0 Å². The second-order valence-corrected chi connectivity index (χ2v) is 4.28. The Bertz CT molecular complexity index is 505. The van der Waals surface area contributed by atoms with E-state index in [2.05, 4.69) is 31.2 Å². The summed E-state index contributed by atoms with van der Waals surface area (Å²) in [7, 11) is 0. The minimum absolute atomic E-state index is 0.655. The predicted molar refractivity (Wildman–Crippen MR) is 75.5 cm³/mol. The van der Waals surface area contributed by atoms with E-state index in [1.54, 1.807) is 0 Å². The van der Waals surface area contributed by atoms with Gasteiger partial charge in [-0.1, -0.05) is 37.6 Å². The summed E-state index contributed by atoms with van der Waals surface area (Å²) >= 11 is 0. The topological polar surface area (TPSA) is 18.5 Å². The first-order chi connectivity index (χ1) is 8.85. The Kier molecular flexibility index (Phi) is 4.46. The number of hydrogen-bond acceptors (Lipinski definition) is 2. The van der Waals surface area contributed by atoms with Crippen LogP contribution in [0.15, 0.2) is 36.4 Å². The van der Waals surface area contributed by atoms with Crippen molar-refractivity contribution >= 4 is 10.8 Å². The molecular formula is C16H20O2. The van der Waals surface area contributed by atoms with Gasteiger partial charge in [0.2, 0.25) is 0 Å². The van der Waals surface area contributed by atoms with E-state index >= 15 is 0 Å². The summed E-state index contributed by atoms with van der Waals surface area (Å²) in [5, 5.41) is 2.37. The monoisotopic (exact) mass is 244 g/mol. The SMILES string of the molecule is CCCCOc1cc2ccccc2cc1OCC. The Morgan fingerprint density at radius 2 is 1.50 bits per heavy atom. The lowest BCUT2D eigenvalue weighted by Gasteiger charge is -2.13. The van der Waals surface area contributed by atoms with E-state index in [4.69, 9.17) is 9.47 Å². The summed E-state index contributed by atoms with van der Waals surface area (Å²) in [6.45, 7) is 5.55. The van der Waals surface area contributed by atoms with Crippen LogP contribution < -0.4 is 9.47 Å². The molecular weight excluding hydrogens is 224 g/mol. The smallest absolute Gasteiger partial charge is 0.161 e. The third-order valence-corrected chi connectivity index (χ3v) is 2.87. The summed E-state index contributed by atoms with van der Waals surface area (Å²) in [6.07, 6.45) is 2.20. The number of unbranched alkanes of at least 4 members (excludes halogenated alkanes) is 1. The third kappa shape index (κ3) is 2.95. The average Bonchev–Trinajstić information content (AvgIpc) is 2.40. The van der Waals surface area contributed by atoms with Crippen molar-refractivity contribution in [2.45, 2.75) is 26.7 Å². The zero-order valence-electron chi connectivity index (χ0n) is 11.1. The van der Waals surface area contributed by atoms with Crippen LogP contribution in [0.3, 0.4) is 0 Å². The van der Waals surface area contributed by atoms with Gasteiger partial charge in [0.05, 0.1) is 13.2 Å². The van der Waals surface area contributed by atoms with Gasteiger partial charge in [-0.25, -0.2) is 0 Å². The van der Waals surface area contributed by atoms with Gasteiger partial charge < -0.3 is 9.47 Å². The molecule has 0 fully saturated rings. The van der Waals surface area contributed by atoms with Crippen LogP contribution in [-0.4, -0.2) is 13.2 Å². The molecule has 18 heavy (non-hydrogen) atoms. The van der Waals surface area contributed by atoms with E-state index in [0.717, 1.165) is 30.9 Å². The fraction of sp³-hybridized carbons (Fsp3) is 0.375. The highest BCUT2D eigenvalue weighted by Crippen LogP contribution is 2.32. The van der Waals surface area contributed by atoms with E-state index in [0.29, 0.717) is 6.61 Å². The van der Waals surface area contributed by atoms with Crippen molar-refractivity contribution in [1.82, 2.24) is 0 Å². The Morgan fingerprint density at radius 1 is 0.889 bits per heavy atom. The zero-order chi connectivity index (χ0) is 12.8. The van der Waals surface area contributed by atoms with E-state index in [9.17, 15) is 0 Å². The van der Waals surface area contributed by atoms with E-state index in [1.807, 2.05) is 19.1 Å². The molecule has 0 radical (unpaired) electrons. The van der Waals surface area contributed by atoms with Crippen LogP contribution in [0.2, 0.25) is 0 Å². The number of benzene rings is 2. The standard InChI is InChI=1S/C16H20O2/c1-3-5-10-18-16-12-14-9-7-6-8-13(14)11-15(16)17-4-2/h6-9,11-12H,3-5,10H2,1-2H3. The van der Waals surface area contributed by atoms with Crippen molar-refractivity contribution < 1.29 is 9.47 Å². The van der Waals surface area contributed by atoms with E-state index in [-0.39, 0.29) is 0 Å². The Morgan fingerprint density at radius 3 is 2.06 bits per heavy atom. The molecule has 0 saturated heterocycles. The fourth-order valence-corrected chi connectivity index (χ4v) is 1.91. The molecule has 0 N–H and O–H groups in total. The van der Waals surface area contributed by atoms with Crippen LogP contribution >= 0.6 is 0 Å². The van der Waals surface area contributed by atoms with Crippen LogP contribution in [0, 0.1) is 0 Å². The maximum Gasteiger partial charge on any atom is 0.161 e. The molecule has 0 aromatic heterocycles. The Hall–Kier alpha value is -1.70. The normalized spacial score (nSPS) is 10.6. The molecule has 2 rings (SSSR count). The Labute approximate surface area is 109 Å². The molecule has 0 bridgehead atoms. The quantitative estimate of drug-likeness (QED) is 0.700. The van der Waals surface area contributed by atoms with Crippen molar-refractivity contribution in [3.8, 4) is 11.5 Å². The van der Waals surface area contributed by atoms with Crippen molar-refractivity contribution in [3.05, 3.63) is 36.4 Å². The van der Waals surface area contributed by atoms with Crippen molar-refractivity contribution in [2.24, 2.45) is 0 Å². The van der Waals surface area contributed by atoms with Crippen molar-refractivity contribution in [1.29, 1.82) is 0 Å². The molecule has 0 amide bonds. The first-order valence-electron chi connectivity index (χ1n) is 6.63. The Balaban J connectivity index is 2.31.